The Bertz CT molecular complexity index is 1410. The van der Waals surface area contributed by atoms with Crippen LogP contribution in [-0.2, 0) is 4.79 Å². The summed E-state index contributed by atoms with van der Waals surface area (Å²) in [5.74, 6) is 1.37. The number of fused-ring (bicyclic) bond motifs is 1. The number of carbonyl (C=O) groups is 1. The number of hydrogen-bond acceptors (Lipinski definition) is 9. The summed E-state index contributed by atoms with van der Waals surface area (Å²) in [5, 5.41) is 3.13. The van der Waals surface area contributed by atoms with Crippen LogP contribution in [0, 0.1) is 0 Å². The molecule has 0 saturated carbocycles. The Hall–Kier alpha value is -4.12. The van der Waals surface area contributed by atoms with Gasteiger partial charge >= 0.3 is 0 Å². The van der Waals surface area contributed by atoms with Crippen molar-refractivity contribution >= 4 is 34.4 Å². The van der Waals surface area contributed by atoms with Gasteiger partial charge in [-0.15, -0.1) is 0 Å². The SMILES string of the molecule is COc1nc(-c2ccnc(Nc3ccc(N4CCC(C)(N)CC4=O)cn3)n2)cc2c1ncn2C(C)C. The molecule has 1 amide bonds. The maximum atomic E-state index is 12.5. The molecule has 1 fully saturated rings. The smallest absolute Gasteiger partial charge is 0.242 e. The Balaban J connectivity index is 1.38. The third kappa shape index (κ3) is 4.57. The summed E-state index contributed by atoms with van der Waals surface area (Å²) >= 11 is 0. The minimum Gasteiger partial charge on any atom is -0.479 e. The van der Waals surface area contributed by atoms with Gasteiger partial charge in [0, 0.05) is 30.7 Å². The van der Waals surface area contributed by atoms with Gasteiger partial charge in [-0.05, 0) is 51.5 Å². The van der Waals surface area contributed by atoms with E-state index in [1.165, 1.54) is 0 Å². The molecule has 5 rings (SSSR count). The molecule has 11 nitrogen and oxygen atoms in total. The number of nitrogens with one attached hydrogen (secondary N) is 1. The highest BCUT2D eigenvalue weighted by Gasteiger charge is 2.32. The molecule has 186 valence electrons. The molecule has 0 radical (unpaired) electrons. The molecule has 1 unspecified atom stereocenters. The number of methoxy groups -OCH3 is 1. The van der Waals surface area contributed by atoms with E-state index in [2.05, 4.69) is 48.7 Å². The van der Waals surface area contributed by atoms with Gasteiger partial charge in [-0.1, -0.05) is 0 Å². The Kier molecular flexibility index (Phi) is 6.00. The average molecular weight is 488 g/mol. The molecular weight excluding hydrogens is 458 g/mol. The van der Waals surface area contributed by atoms with Crippen molar-refractivity contribution < 1.29 is 9.53 Å². The lowest BCUT2D eigenvalue weighted by Gasteiger charge is -2.36. The number of amides is 1. The number of aromatic nitrogens is 6. The minimum atomic E-state index is -0.456. The van der Waals surface area contributed by atoms with Crippen molar-refractivity contribution in [2.24, 2.45) is 5.73 Å². The highest BCUT2D eigenvalue weighted by molar-refractivity contribution is 5.95. The normalized spacial score (nSPS) is 18.2. The van der Waals surface area contributed by atoms with Crippen molar-refractivity contribution in [3.05, 3.63) is 43.0 Å². The van der Waals surface area contributed by atoms with E-state index in [-0.39, 0.29) is 11.9 Å². The lowest BCUT2D eigenvalue weighted by atomic mass is 9.90. The zero-order valence-electron chi connectivity index (χ0n) is 20.8. The van der Waals surface area contributed by atoms with E-state index in [1.54, 1.807) is 42.9 Å². The third-order valence-electron chi connectivity index (χ3n) is 6.26. The average Bonchev–Trinajstić information content (AvgIpc) is 3.28. The predicted octanol–water partition coefficient (Wildman–Crippen LogP) is 3.46. The molecule has 36 heavy (non-hydrogen) atoms. The first kappa shape index (κ1) is 23.6. The van der Waals surface area contributed by atoms with Gasteiger partial charge in [0.15, 0.2) is 5.52 Å². The van der Waals surface area contributed by atoms with Gasteiger partial charge in [-0.25, -0.2) is 24.9 Å². The van der Waals surface area contributed by atoms with Gasteiger partial charge < -0.3 is 25.3 Å². The van der Waals surface area contributed by atoms with E-state index in [1.807, 2.05) is 19.1 Å². The number of imidazole rings is 1. The van der Waals surface area contributed by atoms with Crippen LogP contribution in [0.2, 0.25) is 0 Å². The van der Waals surface area contributed by atoms with Crippen LogP contribution in [0.4, 0.5) is 17.5 Å². The standard InChI is InChI=1S/C25H29N9O2/c1-15(2)34-14-29-22-19(34)11-18(30-23(22)36-4)17-7-9-27-24(31-17)32-20-6-5-16(13-28-20)33-10-8-25(3,26)12-21(33)35/h5-7,9,11,13-15H,8,10,12,26H2,1-4H3,(H,27,28,31,32). The molecule has 0 aromatic carbocycles. The predicted molar refractivity (Wildman–Crippen MR) is 137 cm³/mol. The Morgan fingerprint density at radius 3 is 2.67 bits per heavy atom. The second-order valence-electron chi connectivity index (χ2n) is 9.55. The lowest BCUT2D eigenvalue weighted by Crippen LogP contribution is -2.51. The highest BCUT2D eigenvalue weighted by atomic mass is 16.5. The van der Waals surface area contributed by atoms with Crippen molar-refractivity contribution in [1.29, 1.82) is 0 Å². The van der Waals surface area contributed by atoms with Gasteiger partial charge in [-0.2, -0.15) is 0 Å². The molecule has 1 aliphatic rings. The van der Waals surface area contributed by atoms with Crippen molar-refractivity contribution in [2.45, 2.75) is 45.2 Å². The van der Waals surface area contributed by atoms with Crippen LogP contribution in [0.5, 0.6) is 5.88 Å². The molecule has 4 aromatic rings. The van der Waals surface area contributed by atoms with E-state index in [0.29, 0.717) is 47.5 Å². The monoisotopic (exact) mass is 487 g/mol. The first-order valence-electron chi connectivity index (χ1n) is 11.8. The van der Waals surface area contributed by atoms with E-state index in [9.17, 15) is 4.79 Å². The molecule has 1 aliphatic heterocycles. The van der Waals surface area contributed by atoms with Crippen LogP contribution in [0.15, 0.2) is 43.0 Å². The topological polar surface area (TPSA) is 137 Å². The molecule has 4 aromatic heterocycles. The lowest BCUT2D eigenvalue weighted by molar-refractivity contribution is -0.120. The van der Waals surface area contributed by atoms with Crippen LogP contribution in [0.1, 0.15) is 39.7 Å². The fourth-order valence-corrected chi connectivity index (χ4v) is 4.28. The Morgan fingerprint density at radius 1 is 1.14 bits per heavy atom. The molecule has 1 saturated heterocycles. The fourth-order valence-electron chi connectivity index (χ4n) is 4.28. The summed E-state index contributed by atoms with van der Waals surface area (Å²) < 4.78 is 7.56. The van der Waals surface area contributed by atoms with Gasteiger partial charge in [0.05, 0.1) is 42.2 Å². The second-order valence-corrected chi connectivity index (χ2v) is 9.55. The number of nitrogens with two attached hydrogens (primary N) is 1. The van der Waals surface area contributed by atoms with Gasteiger partial charge in [0.2, 0.25) is 17.7 Å². The molecule has 11 heteroatoms. The minimum absolute atomic E-state index is 0.00324. The first-order valence-corrected chi connectivity index (χ1v) is 11.8. The Morgan fingerprint density at radius 2 is 1.97 bits per heavy atom. The van der Waals surface area contributed by atoms with Crippen LogP contribution < -0.4 is 20.7 Å². The Labute approximate surface area is 208 Å². The summed E-state index contributed by atoms with van der Waals surface area (Å²) in [7, 11) is 1.58. The number of hydrogen-bond donors (Lipinski definition) is 2. The maximum Gasteiger partial charge on any atom is 0.242 e. The molecule has 5 heterocycles. The van der Waals surface area contributed by atoms with E-state index in [4.69, 9.17) is 10.5 Å². The molecule has 1 atom stereocenters. The fraction of sp³-hybridized carbons (Fsp3) is 0.360. The number of nitrogens with zero attached hydrogens (tertiary/aromatic N) is 7. The largest absolute Gasteiger partial charge is 0.479 e. The number of ether oxygens (including phenoxy) is 1. The third-order valence-corrected chi connectivity index (χ3v) is 6.26. The zero-order valence-corrected chi connectivity index (χ0v) is 20.8. The van der Waals surface area contributed by atoms with E-state index in [0.717, 1.165) is 17.6 Å². The number of pyridine rings is 2. The molecule has 3 N–H and O–H groups in total. The second kappa shape index (κ2) is 9.15. The number of carbonyl (C=O) groups excluding carboxylic acids is 1. The van der Waals surface area contributed by atoms with Crippen molar-refractivity contribution in [3.8, 4) is 17.3 Å². The maximum absolute atomic E-state index is 12.5. The number of rotatable bonds is 6. The summed E-state index contributed by atoms with van der Waals surface area (Å²) in [5.41, 5.74) is 9.30. The summed E-state index contributed by atoms with van der Waals surface area (Å²) in [6.07, 6.45) is 6.17. The van der Waals surface area contributed by atoms with Gasteiger partial charge in [0.25, 0.3) is 0 Å². The summed E-state index contributed by atoms with van der Waals surface area (Å²) in [6.45, 7) is 6.66. The van der Waals surface area contributed by atoms with Crippen LogP contribution in [0.25, 0.3) is 22.4 Å². The van der Waals surface area contributed by atoms with Crippen LogP contribution in [-0.4, -0.2) is 54.6 Å². The first-order chi connectivity index (χ1) is 17.2. The van der Waals surface area contributed by atoms with Crippen LogP contribution >= 0.6 is 0 Å². The summed E-state index contributed by atoms with van der Waals surface area (Å²) in [6, 6.07) is 7.61. The summed E-state index contributed by atoms with van der Waals surface area (Å²) in [4.78, 5) is 36.7. The van der Waals surface area contributed by atoms with Gasteiger partial charge in [-0.3, -0.25) is 4.79 Å². The van der Waals surface area contributed by atoms with Crippen molar-refractivity contribution in [1.82, 2.24) is 29.5 Å². The van der Waals surface area contributed by atoms with Crippen molar-refractivity contribution in [3.63, 3.8) is 0 Å². The van der Waals surface area contributed by atoms with Gasteiger partial charge in [0.1, 0.15) is 5.82 Å². The quantitative estimate of drug-likeness (QED) is 0.419. The van der Waals surface area contributed by atoms with Crippen molar-refractivity contribution in [2.75, 3.05) is 23.9 Å². The molecule has 0 spiro atoms. The van der Waals surface area contributed by atoms with E-state index < -0.39 is 5.54 Å². The molecular formula is C25H29N9O2. The van der Waals surface area contributed by atoms with E-state index >= 15 is 0 Å². The number of piperidine rings is 1. The molecule has 0 bridgehead atoms. The molecule has 0 aliphatic carbocycles. The number of anilines is 3. The zero-order chi connectivity index (χ0) is 25.4. The van der Waals surface area contributed by atoms with Crippen LogP contribution in [0.3, 0.4) is 0 Å². The highest BCUT2D eigenvalue weighted by Crippen LogP contribution is 2.30.